The molecule has 0 unspecified atom stereocenters. The molecule has 0 radical (unpaired) electrons. The first-order valence-electron chi connectivity index (χ1n) is 7.94. The molecule has 0 saturated heterocycles. The Hall–Kier alpha value is -2.77. The summed E-state index contributed by atoms with van der Waals surface area (Å²) in [5, 5.41) is 2.95. The molecule has 0 saturated carbocycles. The number of halogens is 4. The summed E-state index contributed by atoms with van der Waals surface area (Å²) in [6.07, 6.45) is 0. The minimum absolute atomic E-state index is 0.0433. The molecule has 0 atom stereocenters. The molecule has 0 aliphatic carbocycles. The van der Waals surface area contributed by atoms with Gasteiger partial charge in [0.15, 0.2) is 5.76 Å². The molecule has 0 spiro atoms. The Kier molecular flexibility index (Phi) is 6.38. The van der Waals surface area contributed by atoms with E-state index >= 15 is 0 Å². The van der Waals surface area contributed by atoms with Crippen molar-refractivity contribution in [1.29, 1.82) is 0 Å². The van der Waals surface area contributed by atoms with Gasteiger partial charge in [0.05, 0.1) is 10.0 Å². The first kappa shape index (κ1) is 20.0. The van der Waals surface area contributed by atoms with Crippen LogP contribution in [0.4, 0.5) is 14.5 Å². The van der Waals surface area contributed by atoms with Crippen LogP contribution in [0.5, 0.6) is 11.5 Å². The van der Waals surface area contributed by atoms with Gasteiger partial charge < -0.3 is 19.2 Å². The molecule has 0 aliphatic rings. The number of alkyl halides is 2. The number of rotatable bonds is 7. The van der Waals surface area contributed by atoms with E-state index in [4.69, 9.17) is 32.4 Å². The maximum Gasteiger partial charge on any atom is 0.387 e. The summed E-state index contributed by atoms with van der Waals surface area (Å²) < 4.78 is 39.7. The van der Waals surface area contributed by atoms with Gasteiger partial charge >= 0.3 is 6.61 Å². The number of hydrogen-bond acceptors (Lipinski definition) is 4. The minimum Gasteiger partial charge on any atom is -0.484 e. The number of anilines is 1. The van der Waals surface area contributed by atoms with E-state index in [0.717, 1.165) is 0 Å². The largest absolute Gasteiger partial charge is 0.484 e. The number of amides is 1. The number of nitrogens with one attached hydrogen (secondary N) is 1. The lowest BCUT2D eigenvalue weighted by Gasteiger charge is -2.09. The highest BCUT2D eigenvalue weighted by atomic mass is 35.5. The molecular formula is C19H13Cl2F2NO4. The summed E-state index contributed by atoms with van der Waals surface area (Å²) in [5.41, 5.74) is 0.293. The lowest BCUT2D eigenvalue weighted by molar-refractivity contribution is -0.0497. The van der Waals surface area contributed by atoms with Gasteiger partial charge in [-0.15, -0.1) is 0 Å². The van der Waals surface area contributed by atoms with Gasteiger partial charge in [-0.1, -0.05) is 35.3 Å². The molecule has 0 fully saturated rings. The van der Waals surface area contributed by atoms with Crippen molar-refractivity contribution >= 4 is 34.8 Å². The predicted octanol–water partition coefficient (Wildman–Crippen LogP) is 6.02. The van der Waals surface area contributed by atoms with Crippen molar-refractivity contribution in [2.75, 3.05) is 5.32 Å². The first-order chi connectivity index (χ1) is 13.4. The summed E-state index contributed by atoms with van der Waals surface area (Å²) in [5.74, 6) is 0.229. The van der Waals surface area contributed by atoms with Crippen molar-refractivity contribution in [3.8, 4) is 11.5 Å². The maximum absolute atomic E-state index is 12.3. The van der Waals surface area contributed by atoms with Gasteiger partial charge in [0.25, 0.3) is 5.91 Å². The lowest BCUT2D eigenvalue weighted by Crippen LogP contribution is -2.11. The fourth-order valence-electron chi connectivity index (χ4n) is 2.25. The average molecular weight is 428 g/mol. The van der Waals surface area contributed by atoms with Gasteiger partial charge in [0, 0.05) is 5.69 Å². The molecule has 1 N–H and O–H groups in total. The van der Waals surface area contributed by atoms with Crippen LogP contribution in [0.3, 0.4) is 0 Å². The fourth-order valence-corrected chi connectivity index (χ4v) is 2.67. The van der Waals surface area contributed by atoms with Crippen molar-refractivity contribution in [1.82, 2.24) is 0 Å². The SMILES string of the molecule is O=C(Nc1ccc(OC(F)F)c(Cl)c1)c1ccc(COc2ccccc2Cl)o1. The van der Waals surface area contributed by atoms with Gasteiger partial charge in [-0.2, -0.15) is 8.78 Å². The molecule has 0 aliphatic heterocycles. The van der Waals surface area contributed by atoms with Crippen LogP contribution in [-0.2, 0) is 6.61 Å². The number of benzene rings is 2. The zero-order valence-electron chi connectivity index (χ0n) is 14.1. The maximum atomic E-state index is 12.3. The van der Waals surface area contributed by atoms with E-state index in [9.17, 15) is 13.6 Å². The van der Waals surface area contributed by atoms with Crippen molar-refractivity contribution in [2.45, 2.75) is 13.2 Å². The Bertz CT molecular complexity index is 978. The van der Waals surface area contributed by atoms with Crippen LogP contribution < -0.4 is 14.8 Å². The highest BCUT2D eigenvalue weighted by Gasteiger charge is 2.14. The zero-order valence-corrected chi connectivity index (χ0v) is 15.6. The Morgan fingerprint density at radius 3 is 2.54 bits per heavy atom. The second-order valence-electron chi connectivity index (χ2n) is 5.46. The predicted molar refractivity (Wildman–Crippen MR) is 101 cm³/mol. The van der Waals surface area contributed by atoms with E-state index in [1.165, 1.54) is 24.3 Å². The quantitative estimate of drug-likeness (QED) is 0.500. The van der Waals surface area contributed by atoms with E-state index in [-0.39, 0.29) is 23.1 Å². The average Bonchev–Trinajstić information content (AvgIpc) is 3.12. The van der Waals surface area contributed by atoms with Gasteiger partial charge in [0.1, 0.15) is 23.9 Å². The second-order valence-corrected chi connectivity index (χ2v) is 6.28. The van der Waals surface area contributed by atoms with E-state index in [1.54, 1.807) is 30.3 Å². The summed E-state index contributed by atoms with van der Waals surface area (Å²) in [6.45, 7) is -2.91. The van der Waals surface area contributed by atoms with Crippen LogP contribution in [0.2, 0.25) is 10.0 Å². The number of hydrogen-bond donors (Lipinski definition) is 1. The highest BCUT2D eigenvalue weighted by Crippen LogP contribution is 2.29. The molecular weight excluding hydrogens is 415 g/mol. The monoisotopic (exact) mass is 427 g/mol. The number of ether oxygens (including phenoxy) is 2. The fraction of sp³-hybridized carbons (Fsp3) is 0.105. The molecule has 3 aromatic rings. The van der Waals surface area contributed by atoms with Gasteiger partial charge in [-0.05, 0) is 42.5 Å². The Balaban J connectivity index is 1.61. The van der Waals surface area contributed by atoms with Crippen LogP contribution in [-0.4, -0.2) is 12.5 Å². The molecule has 9 heteroatoms. The van der Waals surface area contributed by atoms with Crippen molar-refractivity contribution in [3.05, 3.63) is 76.2 Å². The van der Waals surface area contributed by atoms with Gasteiger partial charge in [0.2, 0.25) is 0 Å². The normalized spacial score (nSPS) is 10.8. The van der Waals surface area contributed by atoms with Crippen LogP contribution in [0.15, 0.2) is 59.0 Å². The standard InChI is InChI=1S/C19H13Cl2F2NO4/c20-13-3-1-2-4-15(13)26-10-12-6-8-17(27-12)18(25)24-11-5-7-16(14(21)9-11)28-19(22)23/h1-9,19H,10H2,(H,24,25). The molecule has 1 aromatic heterocycles. The summed E-state index contributed by atoms with van der Waals surface area (Å²) in [7, 11) is 0. The van der Waals surface area contributed by atoms with Gasteiger partial charge in [-0.3, -0.25) is 4.79 Å². The first-order valence-corrected chi connectivity index (χ1v) is 8.69. The number of para-hydroxylation sites is 1. The second kappa shape index (κ2) is 8.95. The van der Waals surface area contributed by atoms with E-state index in [1.807, 2.05) is 0 Å². The smallest absolute Gasteiger partial charge is 0.387 e. The van der Waals surface area contributed by atoms with E-state index in [2.05, 4.69) is 10.1 Å². The van der Waals surface area contributed by atoms with E-state index in [0.29, 0.717) is 22.2 Å². The molecule has 146 valence electrons. The number of carbonyl (C=O) groups excluding carboxylic acids is 1. The third-order valence-corrected chi connectivity index (χ3v) is 4.11. The molecule has 2 aromatic carbocycles. The Labute approximate surface area is 168 Å². The van der Waals surface area contributed by atoms with Crippen molar-refractivity contribution in [2.24, 2.45) is 0 Å². The van der Waals surface area contributed by atoms with Crippen LogP contribution in [0.1, 0.15) is 16.3 Å². The minimum atomic E-state index is -2.99. The summed E-state index contributed by atoms with van der Waals surface area (Å²) >= 11 is 11.9. The highest BCUT2D eigenvalue weighted by molar-refractivity contribution is 6.32. The molecule has 5 nitrogen and oxygen atoms in total. The summed E-state index contributed by atoms with van der Waals surface area (Å²) in [4.78, 5) is 12.3. The third-order valence-electron chi connectivity index (χ3n) is 3.50. The van der Waals surface area contributed by atoms with Crippen molar-refractivity contribution in [3.63, 3.8) is 0 Å². The lowest BCUT2D eigenvalue weighted by atomic mass is 10.3. The zero-order chi connectivity index (χ0) is 20.1. The van der Waals surface area contributed by atoms with Gasteiger partial charge in [-0.25, -0.2) is 0 Å². The molecule has 0 bridgehead atoms. The molecule has 1 amide bonds. The molecule has 28 heavy (non-hydrogen) atoms. The molecule has 3 rings (SSSR count). The Morgan fingerprint density at radius 1 is 1.04 bits per heavy atom. The molecule has 1 heterocycles. The van der Waals surface area contributed by atoms with Crippen LogP contribution in [0, 0.1) is 0 Å². The number of furan rings is 1. The summed E-state index contributed by atoms with van der Waals surface area (Å²) in [6, 6.07) is 14.0. The van der Waals surface area contributed by atoms with Crippen LogP contribution in [0.25, 0.3) is 0 Å². The number of carbonyl (C=O) groups is 1. The topological polar surface area (TPSA) is 60.7 Å². The van der Waals surface area contributed by atoms with Crippen LogP contribution >= 0.6 is 23.2 Å². The van der Waals surface area contributed by atoms with E-state index < -0.39 is 12.5 Å². The van der Waals surface area contributed by atoms with Crippen molar-refractivity contribution < 1.29 is 27.5 Å². The third kappa shape index (κ3) is 5.15. The Morgan fingerprint density at radius 2 is 1.82 bits per heavy atom.